The summed E-state index contributed by atoms with van der Waals surface area (Å²) in [5, 5.41) is 0. The fourth-order valence-electron chi connectivity index (χ4n) is 3.15. The first kappa shape index (κ1) is 11.5. The number of anilines is 1. The van der Waals surface area contributed by atoms with E-state index < -0.39 is 0 Å². The molecule has 2 saturated heterocycles. The van der Waals surface area contributed by atoms with Crippen molar-refractivity contribution in [2.75, 3.05) is 31.1 Å². The van der Waals surface area contributed by atoms with Gasteiger partial charge in [-0.3, -0.25) is 4.90 Å². The van der Waals surface area contributed by atoms with Gasteiger partial charge in [0.25, 0.3) is 0 Å². The molecule has 0 aromatic heterocycles. The van der Waals surface area contributed by atoms with E-state index in [4.69, 9.17) is 0 Å². The minimum atomic E-state index is 0.794. The zero-order chi connectivity index (χ0) is 11.8. The van der Waals surface area contributed by atoms with Crippen LogP contribution in [0.25, 0.3) is 0 Å². The van der Waals surface area contributed by atoms with Crippen molar-refractivity contribution in [3.63, 3.8) is 0 Å². The summed E-state index contributed by atoms with van der Waals surface area (Å²) in [6, 6.07) is 7.32. The predicted molar refractivity (Wildman–Crippen MR) is 75.7 cm³/mol. The largest absolute Gasteiger partial charge is 0.368 e. The van der Waals surface area contributed by atoms with E-state index in [0.29, 0.717) is 0 Å². The maximum absolute atomic E-state index is 3.63. The zero-order valence-corrected chi connectivity index (χ0v) is 11.9. The van der Waals surface area contributed by atoms with Crippen molar-refractivity contribution in [1.29, 1.82) is 0 Å². The highest BCUT2D eigenvalue weighted by atomic mass is 79.9. The van der Waals surface area contributed by atoms with Crippen molar-refractivity contribution in [1.82, 2.24) is 4.90 Å². The van der Waals surface area contributed by atoms with Crippen LogP contribution >= 0.6 is 15.9 Å². The number of nitrogens with zero attached hydrogens (tertiary/aromatic N) is 2. The Hall–Kier alpha value is -0.540. The molecule has 2 heterocycles. The molecule has 1 unspecified atom stereocenters. The molecule has 0 N–H and O–H groups in total. The van der Waals surface area contributed by atoms with Crippen molar-refractivity contribution in [2.45, 2.75) is 25.8 Å². The second kappa shape index (κ2) is 4.62. The van der Waals surface area contributed by atoms with Crippen LogP contribution in [0.3, 0.4) is 0 Å². The Morgan fingerprint density at radius 1 is 1.24 bits per heavy atom. The smallest absolute Gasteiger partial charge is 0.0408 e. The molecule has 2 nitrogen and oxygen atoms in total. The lowest BCUT2D eigenvalue weighted by Crippen LogP contribution is -2.50. The zero-order valence-electron chi connectivity index (χ0n) is 10.3. The van der Waals surface area contributed by atoms with E-state index in [1.165, 1.54) is 54.7 Å². The third kappa shape index (κ3) is 2.11. The molecule has 0 spiro atoms. The van der Waals surface area contributed by atoms with Crippen LogP contribution in [0, 0.1) is 6.92 Å². The van der Waals surface area contributed by atoms with Crippen LogP contribution < -0.4 is 4.90 Å². The number of rotatable bonds is 1. The Morgan fingerprint density at radius 2 is 2.12 bits per heavy atom. The molecular weight excluding hydrogens is 276 g/mol. The molecule has 17 heavy (non-hydrogen) atoms. The maximum Gasteiger partial charge on any atom is 0.0408 e. The Bertz CT molecular complexity index is 419. The van der Waals surface area contributed by atoms with Gasteiger partial charge in [0.15, 0.2) is 0 Å². The Kier molecular flexibility index (Phi) is 3.14. The Balaban J connectivity index is 1.82. The number of hydrogen-bond donors (Lipinski definition) is 0. The van der Waals surface area contributed by atoms with Crippen molar-refractivity contribution in [2.24, 2.45) is 0 Å². The first-order chi connectivity index (χ1) is 8.25. The normalized spacial score (nSPS) is 25.1. The van der Waals surface area contributed by atoms with Crippen molar-refractivity contribution in [3.05, 3.63) is 28.2 Å². The average Bonchev–Trinajstić information content (AvgIpc) is 2.79. The molecule has 0 aliphatic carbocycles. The van der Waals surface area contributed by atoms with E-state index in [-0.39, 0.29) is 0 Å². The molecule has 2 aliphatic heterocycles. The lowest BCUT2D eigenvalue weighted by atomic mass is 10.1. The van der Waals surface area contributed by atoms with Gasteiger partial charge in [0, 0.05) is 35.8 Å². The summed E-state index contributed by atoms with van der Waals surface area (Å²) in [4.78, 5) is 5.22. The fourth-order valence-corrected chi connectivity index (χ4v) is 3.50. The molecule has 1 aromatic rings. The molecule has 0 amide bonds. The fraction of sp³-hybridized carbons (Fsp3) is 0.571. The molecule has 1 atom stereocenters. The second-order valence-electron chi connectivity index (χ2n) is 5.16. The summed E-state index contributed by atoms with van der Waals surface area (Å²) in [6.45, 7) is 7.14. The summed E-state index contributed by atoms with van der Waals surface area (Å²) in [5.41, 5.74) is 2.78. The topological polar surface area (TPSA) is 6.48 Å². The molecule has 2 fully saturated rings. The molecule has 92 valence electrons. The second-order valence-corrected chi connectivity index (χ2v) is 6.02. The van der Waals surface area contributed by atoms with Gasteiger partial charge in [0.05, 0.1) is 0 Å². The summed E-state index contributed by atoms with van der Waals surface area (Å²) in [5.74, 6) is 0. The van der Waals surface area contributed by atoms with Gasteiger partial charge in [0.1, 0.15) is 0 Å². The van der Waals surface area contributed by atoms with Crippen LogP contribution in [0.1, 0.15) is 18.4 Å². The van der Waals surface area contributed by atoms with Gasteiger partial charge in [-0.1, -0.05) is 22.0 Å². The number of fused-ring (bicyclic) bond motifs is 1. The van der Waals surface area contributed by atoms with E-state index in [9.17, 15) is 0 Å². The highest BCUT2D eigenvalue weighted by molar-refractivity contribution is 9.10. The molecule has 3 rings (SSSR count). The van der Waals surface area contributed by atoms with Crippen LogP contribution in [-0.4, -0.2) is 37.1 Å². The Morgan fingerprint density at radius 3 is 3.00 bits per heavy atom. The summed E-state index contributed by atoms with van der Waals surface area (Å²) < 4.78 is 1.23. The minimum Gasteiger partial charge on any atom is -0.368 e. The summed E-state index contributed by atoms with van der Waals surface area (Å²) in [7, 11) is 0. The number of benzene rings is 1. The minimum absolute atomic E-state index is 0.794. The van der Waals surface area contributed by atoms with Crippen molar-refractivity contribution >= 4 is 21.6 Å². The first-order valence-electron chi connectivity index (χ1n) is 6.50. The van der Waals surface area contributed by atoms with Gasteiger partial charge >= 0.3 is 0 Å². The highest BCUT2D eigenvalue weighted by Gasteiger charge is 2.30. The van der Waals surface area contributed by atoms with E-state index in [1.54, 1.807) is 0 Å². The Labute approximate surface area is 112 Å². The van der Waals surface area contributed by atoms with Crippen molar-refractivity contribution < 1.29 is 0 Å². The van der Waals surface area contributed by atoms with Crippen LogP contribution in [0.15, 0.2) is 22.7 Å². The van der Waals surface area contributed by atoms with Gasteiger partial charge in [0.2, 0.25) is 0 Å². The monoisotopic (exact) mass is 294 g/mol. The van der Waals surface area contributed by atoms with Crippen LogP contribution in [0.4, 0.5) is 5.69 Å². The molecule has 0 bridgehead atoms. The quantitative estimate of drug-likeness (QED) is 0.786. The summed E-state index contributed by atoms with van der Waals surface area (Å²) in [6.07, 6.45) is 2.76. The van der Waals surface area contributed by atoms with Gasteiger partial charge < -0.3 is 4.90 Å². The highest BCUT2D eigenvalue weighted by Crippen LogP contribution is 2.30. The van der Waals surface area contributed by atoms with E-state index in [2.05, 4.69) is 50.9 Å². The first-order valence-corrected chi connectivity index (χ1v) is 7.29. The number of halogens is 1. The molecule has 2 aliphatic rings. The number of piperazine rings is 1. The van der Waals surface area contributed by atoms with Gasteiger partial charge in [-0.15, -0.1) is 0 Å². The van der Waals surface area contributed by atoms with Gasteiger partial charge in [-0.05, 0) is 44.0 Å². The van der Waals surface area contributed by atoms with Crippen molar-refractivity contribution in [3.8, 4) is 0 Å². The average molecular weight is 295 g/mol. The molecular formula is C14H19BrN2. The van der Waals surface area contributed by atoms with Gasteiger partial charge in [-0.25, -0.2) is 0 Å². The summed E-state index contributed by atoms with van der Waals surface area (Å²) >= 11 is 3.63. The third-order valence-electron chi connectivity index (χ3n) is 4.17. The van der Waals surface area contributed by atoms with Crippen LogP contribution in [0.2, 0.25) is 0 Å². The lowest BCUT2D eigenvalue weighted by Gasteiger charge is -2.39. The SMILES string of the molecule is Cc1c(Br)cccc1N1CCN2CCCC2C1. The van der Waals surface area contributed by atoms with Gasteiger partial charge in [-0.2, -0.15) is 0 Å². The number of hydrogen-bond acceptors (Lipinski definition) is 2. The standard InChI is InChI=1S/C14H19BrN2/c1-11-13(15)5-2-6-14(11)17-9-8-16-7-3-4-12(16)10-17/h2,5-6,12H,3-4,7-10H2,1H3. The van der Waals surface area contributed by atoms with Crippen LogP contribution in [-0.2, 0) is 0 Å². The van der Waals surface area contributed by atoms with E-state index in [0.717, 1.165) is 6.04 Å². The lowest BCUT2D eigenvalue weighted by molar-refractivity contribution is 0.231. The van der Waals surface area contributed by atoms with E-state index in [1.807, 2.05) is 0 Å². The maximum atomic E-state index is 3.63. The van der Waals surface area contributed by atoms with E-state index >= 15 is 0 Å². The van der Waals surface area contributed by atoms with Crippen LogP contribution in [0.5, 0.6) is 0 Å². The predicted octanol–water partition coefficient (Wildman–Crippen LogP) is 3.04. The molecule has 1 aromatic carbocycles. The third-order valence-corrected chi connectivity index (χ3v) is 5.03. The molecule has 3 heteroatoms. The molecule has 0 radical (unpaired) electrons. The molecule has 0 saturated carbocycles.